The molecule has 1 aromatic rings. The first-order chi connectivity index (χ1) is 11.4. The van der Waals surface area contributed by atoms with E-state index in [9.17, 15) is 9.70 Å². The first-order valence-electron chi connectivity index (χ1n) is 8.44. The first kappa shape index (κ1) is 20.2. The van der Waals surface area contributed by atoms with Gasteiger partial charge in [-0.15, -0.1) is 4.91 Å². The van der Waals surface area contributed by atoms with Crippen LogP contribution in [0.2, 0.25) is 25.7 Å². The fourth-order valence-corrected chi connectivity index (χ4v) is 3.54. The summed E-state index contributed by atoms with van der Waals surface area (Å²) in [5.41, 5.74) is 1.38. The van der Waals surface area contributed by atoms with Crippen LogP contribution in [0, 0.1) is 4.91 Å². The Morgan fingerprint density at radius 1 is 1.25 bits per heavy atom. The highest BCUT2D eigenvalue weighted by molar-refractivity contribution is 6.76. The lowest BCUT2D eigenvalue weighted by Crippen LogP contribution is -2.32. The standard InChI is InChI=1S/C17H29N3O3Si/c1-5-20(16-9-7-15(19-22)8-10-16)12-13-23-17(21)18-11-6-14-24(2,3)4/h7-10H,5-6,11-14H2,1-4H3,(H,18,21). The average Bonchev–Trinajstić information content (AvgIpc) is 2.55. The van der Waals surface area contributed by atoms with Crippen LogP contribution in [0.25, 0.3) is 0 Å². The minimum Gasteiger partial charge on any atom is -0.448 e. The van der Waals surface area contributed by atoms with Gasteiger partial charge < -0.3 is 15.0 Å². The third-order valence-corrected chi connectivity index (χ3v) is 5.52. The fourth-order valence-electron chi connectivity index (χ4n) is 2.30. The van der Waals surface area contributed by atoms with E-state index in [4.69, 9.17) is 4.74 Å². The maximum atomic E-state index is 11.7. The molecule has 0 spiro atoms. The van der Waals surface area contributed by atoms with E-state index in [0.29, 0.717) is 25.4 Å². The molecule has 24 heavy (non-hydrogen) atoms. The lowest BCUT2D eigenvalue weighted by molar-refractivity contribution is 0.149. The highest BCUT2D eigenvalue weighted by Crippen LogP contribution is 2.19. The molecule has 6 nitrogen and oxygen atoms in total. The number of hydrogen-bond donors (Lipinski definition) is 1. The number of alkyl carbamates (subject to hydrolysis) is 1. The zero-order valence-electron chi connectivity index (χ0n) is 15.2. The van der Waals surface area contributed by atoms with Crippen molar-refractivity contribution in [1.82, 2.24) is 5.32 Å². The highest BCUT2D eigenvalue weighted by atomic mass is 28.3. The van der Waals surface area contributed by atoms with E-state index in [1.54, 1.807) is 12.1 Å². The van der Waals surface area contributed by atoms with Crippen molar-refractivity contribution in [3.8, 4) is 0 Å². The highest BCUT2D eigenvalue weighted by Gasteiger charge is 2.12. The van der Waals surface area contributed by atoms with E-state index in [1.165, 1.54) is 6.04 Å². The lowest BCUT2D eigenvalue weighted by atomic mass is 10.2. The number of ether oxygens (including phenoxy) is 1. The molecule has 0 aliphatic rings. The second-order valence-corrected chi connectivity index (χ2v) is 12.5. The lowest BCUT2D eigenvalue weighted by Gasteiger charge is -2.23. The normalized spacial score (nSPS) is 11.0. The number of carbonyl (C=O) groups is 1. The van der Waals surface area contributed by atoms with Gasteiger partial charge in [0.2, 0.25) is 0 Å². The van der Waals surface area contributed by atoms with Crippen LogP contribution in [-0.2, 0) is 4.74 Å². The molecule has 1 amide bonds. The Morgan fingerprint density at radius 2 is 1.92 bits per heavy atom. The molecule has 0 aromatic heterocycles. The molecule has 1 rings (SSSR count). The minimum absolute atomic E-state index is 0.321. The number of carbonyl (C=O) groups excluding carboxylic acids is 1. The van der Waals surface area contributed by atoms with Gasteiger partial charge in [-0.2, -0.15) is 0 Å². The van der Waals surface area contributed by atoms with Crippen LogP contribution in [0.3, 0.4) is 0 Å². The molecule has 0 saturated carbocycles. The van der Waals surface area contributed by atoms with Gasteiger partial charge in [-0.1, -0.05) is 25.7 Å². The summed E-state index contributed by atoms with van der Waals surface area (Å²) in [5.74, 6) is 0. The van der Waals surface area contributed by atoms with Gasteiger partial charge >= 0.3 is 6.09 Å². The Labute approximate surface area is 145 Å². The molecular weight excluding hydrogens is 322 g/mol. The van der Waals surface area contributed by atoms with Gasteiger partial charge in [0, 0.05) is 26.9 Å². The van der Waals surface area contributed by atoms with E-state index < -0.39 is 8.07 Å². The van der Waals surface area contributed by atoms with Gasteiger partial charge in [-0.25, -0.2) is 4.79 Å². The topological polar surface area (TPSA) is 71.0 Å². The fraction of sp³-hybridized carbons (Fsp3) is 0.588. The predicted octanol–water partition coefficient (Wildman–Crippen LogP) is 4.37. The molecule has 0 aliphatic heterocycles. The zero-order chi connectivity index (χ0) is 18.0. The van der Waals surface area contributed by atoms with E-state index in [2.05, 4.69) is 35.0 Å². The number of rotatable bonds is 10. The number of nitrogens with zero attached hydrogens (tertiary/aromatic N) is 2. The van der Waals surface area contributed by atoms with E-state index in [-0.39, 0.29) is 6.09 Å². The van der Waals surface area contributed by atoms with Crippen molar-refractivity contribution in [2.45, 2.75) is 39.0 Å². The summed E-state index contributed by atoms with van der Waals surface area (Å²) in [6, 6.07) is 8.24. The van der Waals surface area contributed by atoms with Gasteiger partial charge in [0.25, 0.3) is 0 Å². The monoisotopic (exact) mass is 351 g/mol. The maximum absolute atomic E-state index is 11.7. The van der Waals surface area contributed by atoms with Crippen LogP contribution in [0.15, 0.2) is 29.4 Å². The molecule has 1 aromatic carbocycles. The predicted molar refractivity (Wildman–Crippen MR) is 102 cm³/mol. The van der Waals surface area contributed by atoms with Crippen LogP contribution in [-0.4, -0.2) is 40.4 Å². The first-order valence-corrected chi connectivity index (χ1v) is 12.2. The molecule has 0 saturated heterocycles. The Hall–Kier alpha value is -1.89. The van der Waals surface area contributed by atoms with Gasteiger partial charge in [-0.05, 0) is 42.8 Å². The van der Waals surface area contributed by atoms with Crippen LogP contribution in [0.5, 0.6) is 0 Å². The summed E-state index contributed by atoms with van der Waals surface area (Å²) in [6.07, 6.45) is 0.644. The molecule has 0 aliphatic carbocycles. The number of benzene rings is 1. The quantitative estimate of drug-likeness (QED) is 0.386. The maximum Gasteiger partial charge on any atom is 0.407 e. The van der Waals surface area contributed by atoms with Gasteiger partial charge in [0.05, 0.1) is 6.54 Å². The third kappa shape index (κ3) is 8.10. The Balaban J connectivity index is 2.28. The van der Waals surface area contributed by atoms with Crippen molar-refractivity contribution in [3.05, 3.63) is 29.2 Å². The van der Waals surface area contributed by atoms with Gasteiger partial charge in [-0.3, -0.25) is 0 Å². The molecule has 0 bridgehead atoms. The molecular formula is C17H29N3O3Si. The Kier molecular flexibility index (Phi) is 8.46. The summed E-state index contributed by atoms with van der Waals surface area (Å²) in [4.78, 5) is 24.2. The van der Waals surface area contributed by atoms with E-state index >= 15 is 0 Å². The summed E-state index contributed by atoms with van der Waals surface area (Å²) >= 11 is 0. The van der Waals surface area contributed by atoms with Crippen molar-refractivity contribution in [3.63, 3.8) is 0 Å². The van der Waals surface area contributed by atoms with Crippen molar-refractivity contribution >= 4 is 25.5 Å². The molecule has 0 fully saturated rings. The van der Waals surface area contributed by atoms with Gasteiger partial charge in [0.15, 0.2) is 0 Å². The largest absolute Gasteiger partial charge is 0.448 e. The molecule has 0 radical (unpaired) electrons. The Morgan fingerprint density at radius 3 is 2.46 bits per heavy atom. The molecule has 1 N–H and O–H groups in total. The number of likely N-dealkylation sites (N-methyl/N-ethyl adjacent to an activating group) is 1. The third-order valence-electron chi connectivity index (χ3n) is 3.67. The molecule has 0 unspecified atom stereocenters. The Bertz CT molecular complexity index is 515. The van der Waals surface area contributed by atoms with Crippen LogP contribution < -0.4 is 10.2 Å². The van der Waals surface area contributed by atoms with E-state index in [0.717, 1.165) is 18.7 Å². The van der Waals surface area contributed by atoms with Crippen molar-refractivity contribution < 1.29 is 9.53 Å². The van der Waals surface area contributed by atoms with E-state index in [1.807, 2.05) is 19.1 Å². The number of amides is 1. The van der Waals surface area contributed by atoms with Crippen molar-refractivity contribution in [2.24, 2.45) is 5.18 Å². The number of anilines is 1. The van der Waals surface area contributed by atoms with Crippen molar-refractivity contribution in [1.29, 1.82) is 0 Å². The molecule has 0 atom stereocenters. The van der Waals surface area contributed by atoms with Crippen LogP contribution >= 0.6 is 0 Å². The van der Waals surface area contributed by atoms with Crippen LogP contribution in [0.1, 0.15) is 13.3 Å². The van der Waals surface area contributed by atoms with Gasteiger partial charge in [0.1, 0.15) is 12.3 Å². The molecule has 0 heterocycles. The summed E-state index contributed by atoms with van der Waals surface area (Å²) in [6.45, 7) is 11.4. The average molecular weight is 352 g/mol. The number of nitroso groups, excluding NO2 is 1. The summed E-state index contributed by atoms with van der Waals surface area (Å²) in [5, 5.41) is 5.69. The second-order valence-electron chi connectivity index (χ2n) is 6.91. The zero-order valence-corrected chi connectivity index (χ0v) is 16.2. The molecule has 134 valence electrons. The van der Waals surface area contributed by atoms with Crippen LogP contribution in [0.4, 0.5) is 16.2 Å². The number of nitrogens with one attached hydrogen (secondary N) is 1. The number of hydrogen-bond acceptors (Lipinski definition) is 5. The second kappa shape index (κ2) is 10.1. The van der Waals surface area contributed by atoms with Crippen molar-refractivity contribution in [2.75, 3.05) is 31.1 Å². The smallest absolute Gasteiger partial charge is 0.407 e. The summed E-state index contributed by atoms with van der Waals surface area (Å²) in [7, 11) is -1.04. The SMILES string of the molecule is CCN(CCOC(=O)NCCC[Si](C)(C)C)c1ccc(N=O)cc1. The molecule has 7 heteroatoms. The summed E-state index contributed by atoms with van der Waals surface area (Å²) < 4.78 is 5.22. The minimum atomic E-state index is -1.04.